The number of hydrogen-bond donors (Lipinski definition) is 2. The van der Waals surface area contributed by atoms with Gasteiger partial charge in [0.2, 0.25) is 0 Å². The van der Waals surface area contributed by atoms with Gasteiger partial charge in [0, 0.05) is 5.69 Å². The molecule has 9 heteroatoms. The van der Waals surface area contributed by atoms with Gasteiger partial charge >= 0.3 is 13.1 Å². The second-order valence-corrected chi connectivity index (χ2v) is 6.76. The van der Waals surface area contributed by atoms with Gasteiger partial charge in [0.25, 0.3) is 5.95 Å². The van der Waals surface area contributed by atoms with Gasteiger partial charge in [-0.25, -0.2) is 9.78 Å². The van der Waals surface area contributed by atoms with E-state index in [0.29, 0.717) is 5.69 Å². The number of hydrogen-bond acceptors (Lipinski definition) is 6. The van der Waals surface area contributed by atoms with Crippen molar-refractivity contribution in [2.45, 2.75) is 38.9 Å². The lowest BCUT2D eigenvalue weighted by molar-refractivity contribution is 0.00578. The number of aromatic nitrogens is 3. The highest BCUT2D eigenvalue weighted by atomic mass is 16.7. The minimum absolute atomic E-state index is 0.133. The van der Waals surface area contributed by atoms with Crippen LogP contribution in [0.4, 0.5) is 16.4 Å². The summed E-state index contributed by atoms with van der Waals surface area (Å²) in [5, 5.41) is 12.5. The van der Waals surface area contributed by atoms with Gasteiger partial charge in [0.05, 0.1) is 23.6 Å². The average Bonchev–Trinajstić information content (AvgIpc) is 2.77. The second kappa shape index (κ2) is 6.42. The summed E-state index contributed by atoms with van der Waals surface area (Å²) < 4.78 is 12.0. The number of carbonyl (C=O) groups excluding carboxylic acids is 1. The van der Waals surface area contributed by atoms with E-state index in [1.165, 1.54) is 12.4 Å². The smallest absolute Gasteiger partial charge is 0.399 e. The molecule has 1 aromatic carbocycles. The van der Waals surface area contributed by atoms with Crippen LogP contribution in [0.1, 0.15) is 27.7 Å². The fourth-order valence-electron chi connectivity index (χ4n) is 2.27. The number of carbonyl (C=O) groups is 1. The normalized spacial score (nSPS) is 18.0. The topological polar surface area (TPSA) is 98.3 Å². The molecule has 2 heterocycles. The van der Waals surface area contributed by atoms with Gasteiger partial charge in [0.15, 0.2) is 0 Å². The van der Waals surface area contributed by atoms with Gasteiger partial charge in [-0.15, -0.1) is 5.10 Å². The van der Waals surface area contributed by atoms with Crippen LogP contribution in [-0.4, -0.2) is 39.5 Å². The molecule has 0 aliphatic carbocycles. The Morgan fingerprint density at radius 2 is 1.64 bits per heavy atom. The van der Waals surface area contributed by atoms with E-state index in [1.807, 2.05) is 39.8 Å². The van der Waals surface area contributed by atoms with E-state index in [4.69, 9.17) is 9.31 Å². The van der Waals surface area contributed by atoms with Crippen molar-refractivity contribution in [2.75, 3.05) is 10.6 Å². The highest BCUT2D eigenvalue weighted by Gasteiger charge is 2.51. The number of nitrogens with zero attached hydrogens (tertiary/aromatic N) is 3. The molecule has 1 aliphatic heterocycles. The molecule has 2 aromatic rings. The molecule has 2 N–H and O–H groups in total. The molecule has 0 unspecified atom stereocenters. The molecule has 25 heavy (non-hydrogen) atoms. The summed E-state index contributed by atoms with van der Waals surface area (Å²) in [7, 11) is -0.434. The molecule has 0 spiro atoms. The van der Waals surface area contributed by atoms with Crippen LogP contribution in [0, 0.1) is 0 Å². The van der Waals surface area contributed by atoms with Crippen LogP contribution in [0.25, 0.3) is 0 Å². The number of anilines is 2. The molecule has 3 rings (SSSR count). The third kappa shape index (κ3) is 3.77. The highest BCUT2D eigenvalue weighted by Crippen LogP contribution is 2.36. The maximum atomic E-state index is 11.9. The van der Waals surface area contributed by atoms with Crippen LogP contribution < -0.4 is 16.1 Å². The van der Waals surface area contributed by atoms with Gasteiger partial charge in [-0.05, 0) is 45.3 Å². The zero-order chi connectivity index (χ0) is 18.1. The van der Waals surface area contributed by atoms with Crippen LogP contribution in [0.2, 0.25) is 0 Å². The van der Waals surface area contributed by atoms with E-state index < -0.39 is 24.4 Å². The lowest BCUT2D eigenvalue weighted by atomic mass is 9.79. The second-order valence-electron chi connectivity index (χ2n) is 6.76. The van der Waals surface area contributed by atoms with E-state index in [-0.39, 0.29) is 5.95 Å². The predicted octanol–water partition coefficient (Wildman–Crippen LogP) is 1.81. The molecule has 1 saturated heterocycles. The van der Waals surface area contributed by atoms with Gasteiger partial charge in [-0.2, -0.15) is 5.10 Å². The summed E-state index contributed by atoms with van der Waals surface area (Å²) in [6, 6.07) is 6.83. The van der Waals surface area contributed by atoms with E-state index in [2.05, 4.69) is 25.8 Å². The van der Waals surface area contributed by atoms with Crippen molar-refractivity contribution in [2.24, 2.45) is 0 Å². The van der Waals surface area contributed by atoms with Crippen molar-refractivity contribution in [3.63, 3.8) is 0 Å². The molecule has 0 bridgehead atoms. The number of amides is 2. The molecule has 1 fully saturated rings. The minimum Gasteiger partial charge on any atom is -0.399 e. The molecule has 1 aromatic heterocycles. The molecule has 0 radical (unpaired) electrons. The fraction of sp³-hybridized carbons (Fsp3) is 0.375. The quantitative estimate of drug-likeness (QED) is 0.827. The van der Waals surface area contributed by atoms with Crippen molar-refractivity contribution in [3.8, 4) is 0 Å². The van der Waals surface area contributed by atoms with Crippen molar-refractivity contribution < 1.29 is 14.1 Å². The SMILES string of the molecule is CC1(C)OB(c2ccc(NC(=O)Nc3nccnn3)cc2)OC1(C)C. The van der Waals surface area contributed by atoms with Crippen molar-refractivity contribution >= 4 is 30.2 Å². The maximum absolute atomic E-state index is 11.9. The van der Waals surface area contributed by atoms with Crippen molar-refractivity contribution in [1.29, 1.82) is 0 Å². The maximum Gasteiger partial charge on any atom is 0.494 e. The zero-order valence-corrected chi connectivity index (χ0v) is 14.6. The third-order valence-corrected chi connectivity index (χ3v) is 4.40. The minimum atomic E-state index is -0.448. The Morgan fingerprint density at radius 3 is 2.20 bits per heavy atom. The predicted molar refractivity (Wildman–Crippen MR) is 94.6 cm³/mol. The lowest BCUT2D eigenvalue weighted by Gasteiger charge is -2.32. The number of rotatable bonds is 3. The summed E-state index contributed by atoms with van der Waals surface area (Å²) >= 11 is 0. The van der Waals surface area contributed by atoms with Gasteiger partial charge in [-0.3, -0.25) is 5.32 Å². The van der Waals surface area contributed by atoms with Crippen LogP contribution in [-0.2, 0) is 9.31 Å². The Bertz CT molecular complexity index is 736. The first-order chi connectivity index (χ1) is 11.8. The summed E-state index contributed by atoms with van der Waals surface area (Å²) in [5.74, 6) is 0.133. The Balaban J connectivity index is 1.62. The molecular formula is C16H20BN5O3. The first-order valence-electron chi connectivity index (χ1n) is 7.94. The number of urea groups is 1. The first kappa shape index (κ1) is 17.3. The van der Waals surface area contributed by atoms with Crippen molar-refractivity contribution in [1.82, 2.24) is 15.2 Å². The Labute approximate surface area is 146 Å². The zero-order valence-electron chi connectivity index (χ0n) is 14.6. The number of nitrogens with one attached hydrogen (secondary N) is 2. The first-order valence-corrected chi connectivity index (χ1v) is 7.94. The Morgan fingerprint density at radius 1 is 1.00 bits per heavy atom. The fourth-order valence-corrected chi connectivity index (χ4v) is 2.27. The summed E-state index contributed by atoms with van der Waals surface area (Å²) in [6.07, 6.45) is 2.87. The number of benzene rings is 1. The molecule has 0 atom stereocenters. The monoisotopic (exact) mass is 341 g/mol. The summed E-state index contributed by atoms with van der Waals surface area (Å²) in [4.78, 5) is 15.8. The summed E-state index contributed by atoms with van der Waals surface area (Å²) in [6.45, 7) is 8.03. The van der Waals surface area contributed by atoms with Gasteiger partial charge in [-0.1, -0.05) is 12.1 Å². The van der Waals surface area contributed by atoms with E-state index in [9.17, 15) is 4.79 Å². The van der Waals surface area contributed by atoms with E-state index in [1.54, 1.807) is 12.1 Å². The molecule has 130 valence electrons. The molecule has 2 amide bonds. The third-order valence-electron chi connectivity index (χ3n) is 4.40. The molecule has 8 nitrogen and oxygen atoms in total. The van der Waals surface area contributed by atoms with Crippen LogP contribution in [0.3, 0.4) is 0 Å². The van der Waals surface area contributed by atoms with Crippen LogP contribution in [0.15, 0.2) is 36.7 Å². The molecule has 0 saturated carbocycles. The van der Waals surface area contributed by atoms with E-state index >= 15 is 0 Å². The average molecular weight is 341 g/mol. The van der Waals surface area contributed by atoms with E-state index in [0.717, 1.165) is 5.46 Å². The Kier molecular flexibility index (Phi) is 4.44. The van der Waals surface area contributed by atoms with Gasteiger partial charge in [0.1, 0.15) is 0 Å². The highest BCUT2D eigenvalue weighted by molar-refractivity contribution is 6.62. The van der Waals surface area contributed by atoms with Crippen LogP contribution >= 0.6 is 0 Å². The molecule has 1 aliphatic rings. The lowest BCUT2D eigenvalue weighted by Crippen LogP contribution is -2.41. The van der Waals surface area contributed by atoms with Crippen molar-refractivity contribution in [3.05, 3.63) is 36.7 Å². The van der Waals surface area contributed by atoms with Gasteiger partial charge < -0.3 is 14.6 Å². The summed E-state index contributed by atoms with van der Waals surface area (Å²) in [5.41, 5.74) is 0.734. The standard InChI is InChI=1S/C16H20BN5O3/c1-15(2)16(3,4)25-17(24-15)11-5-7-12(8-6-11)20-14(23)21-13-18-9-10-19-22-13/h5-10H,1-4H3,(H2,18,20,21,22,23). The van der Waals surface area contributed by atoms with Crippen LogP contribution in [0.5, 0.6) is 0 Å². The molecular weight excluding hydrogens is 321 g/mol. The Hall–Kier alpha value is -2.52. The largest absolute Gasteiger partial charge is 0.494 e.